The Morgan fingerprint density at radius 3 is 2.53 bits per heavy atom. The molecular formula is C16H25NOS. The SMILES string of the molecule is CCOc1ccc(CC(C)CC(N)=S)cc1C(C)C. The van der Waals surface area contributed by atoms with E-state index in [0.717, 1.165) is 18.6 Å². The molecule has 0 fully saturated rings. The van der Waals surface area contributed by atoms with Crippen LogP contribution in [-0.2, 0) is 6.42 Å². The van der Waals surface area contributed by atoms with Crippen LogP contribution >= 0.6 is 12.2 Å². The first-order valence-electron chi connectivity index (χ1n) is 6.98. The van der Waals surface area contributed by atoms with Gasteiger partial charge in [0.15, 0.2) is 0 Å². The molecule has 0 radical (unpaired) electrons. The maximum Gasteiger partial charge on any atom is 0.122 e. The maximum atomic E-state index is 5.68. The van der Waals surface area contributed by atoms with Crippen molar-refractivity contribution < 1.29 is 4.74 Å². The average Bonchev–Trinajstić information content (AvgIpc) is 2.30. The molecule has 0 saturated carbocycles. The Kier molecular flexibility index (Phi) is 6.29. The van der Waals surface area contributed by atoms with Crippen LogP contribution in [0.4, 0.5) is 0 Å². The number of nitrogens with two attached hydrogens (primary N) is 1. The van der Waals surface area contributed by atoms with Crippen LogP contribution in [0.5, 0.6) is 5.75 Å². The Balaban J connectivity index is 2.86. The van der Waals surface area contributed by atoms with Gasteiger partial charge < -0.3 is 10.5 Å². The average molecular weight is 279 g/mol. The van der Waals surface area contributed by atoms with E-state index in [4.69, 9.17) is 22.7 Å². The summed E-state index contributed by atoms with van der Waals surface area (Å²) < 4.78 is 5.68. The van der Waals surface area contributed by atoms with Crippen molar-refractivity contribution in [3.05, 3.63) is 29.3 Å². The first-order chi connectivity index (χ1) is 8.93. The van der Waals surface area contributed by atoms with Crippen LogP contribution in [0.15, 0.2) is 18.2 Å². The van der Waals surface area contributed by atoms with Crippen LogP contribution < -0.4 is 10.5 Å². The Labute approximate surface area is 122 Å². The van der Waals surface area contributed by atoms with Crippen LogP contribution in [0.3, 0.4) is 0 Å². The number of benzene rings is 1. The zero-order chi connectivity index (χ0) is 14.4. The summed E-state index contributed by atoms with van der Waals surface area (Å²) in [6.07, 6.45) is 1.81. The van der Waals surface area contributed by atoms with Crippen molar-refractivity contribution in [3.8, 4) is 5.75 Å². The van der Waals surface area contributed by atoms with Gasteiger partial charge in [-0.25, -0.2) is 0 Å². The zero-order valence-electron chi connectivity index (χ0n) is 12.4. The molecule has 0 spiro atoms. The molecule has 106 valence electrons. The van der Waals surface area contributed by atoms with Gasteiger partial charge in [-0.05, 0) is 42.4 Å². The Hall–Kier alpha value is -1.09. The van der Waals surface area contributed by atoms with Gasteiger partial charge in [-0.15, -0.1) is 0 Å². The second kappa shape index (κ2) is 7.49. The van der Waals surface area contributed by atoms with Gasteiger partial charge in [0.05, 0.1) is 11.6 Å². The lowest BCUT2D eigenvalue weighted by molar-refractivity contribution is 0.335. The molecule has 3 heteroatoms. The molecule has 1 aromatic rings. The molecule has 1 rings (SSSR count). The lowest BCUT2D eigenvalue weighted by Gasteiger charge is -2.16. The van der Waals surface area contributed by atoms with Crippen LogP contribution in [-0.4, -0.2) is 11.6 Å². The molecule has 0 bridgehead atoms. The minimum absolute atomic E-state index is 0.465. The predicted octanol–water partition coefficient (Wildman–Crippen LogP) is 4.06. The third kappa shape index (κ3) is 5.19. The normalized spacial score (nSPS) is 12.5. The van der Waals surface area contributed by atoms with Gasteiger partial charge in [0.1, 0.15) is 5.75 Å². The zero-order valence-corrected chi connectivity index (χ0v) is 13.2. The minimum atomic E-state index is 0.465. The monoisotopic (exact) mass is 279 g/mol. The van der Waals surface area contributed by atoms with Gasteiger partial charge >= 0.3 is 0 Å². The molecule has 19 heavy (non-hydrogen) atoms. The molecule has 0 saturated heterocycles. The molecule has 1 aromatic carbocycles. The fourth-order valence-corrected chi connectivity index (χ4v) is 2.57. The Morgan fingerprint density at radius 2 is 2.00 bits per heavy atom. The standard InChI is InChI=1S/C16H25NOS/c1-5-18-15-7-6-13(10-14(15)11(2)3)8-12(4)9-16(17)19/h6-7,10-12H,5,8-9H2,1-4H3,(H2,17,19). The highest BCUT2D eigenvalue weighted by Crippen LogP contribution is 2.28. The van der Waals surface area contributed by atoms with Gasteiger partial charge in [0, 0.05) is 6.42 Å². The topological polar surface area (TPSA) is 35.2 Å². The van der Waals surface area contributed by atoms with Gasteiger partial charge in [0.2, 0.25) is 0 Å². The van der Waals surface area contributed by atoms with E-state index in [2.05, 4.69) is 39.0 Å². The summed E-state index contributed by atoms with van der Waals surface area (Å²) in [5, 5.41) is 0. The van der Waals surface area contributed by atoms with Gasteiger partial charge in [-0.3, -0.25) is 0 Å². The van der Waals surface area contributed by atoms with Crippen LogP contribution in [0.1, 0.15) is 51.2 Å². The lowest BCUT2D eigenvalue weighted by Crippen LogP contribution is -2.14. The van der Waals surface area contributed by atoms with Gasteiger partial charge in [-0.1, -0.05) is 45.1 Å². The molecule has 2 N–H and O–H groups in total. The Morgan fingerprint density at radius 1 is 1.32 bits per heavy atom. The number of ether oxygens (including phenoxy) is 1. The highest BCUT2D eigenvalue weighted by Gasteiger charge is 2.11. The first kappa shape index (κ1) is 16.0. The van der Waals surface area contributed by atoms with Gasteiger partial charge in [0.25, 0.3) is 0 Å². The van der Waals surface area contributed by atoms with Crippen molar-refractivity contribution >= 4 is 17.2 Å². The number of thiocarbonyl (C=S) groups is 1. The molecule has 1 atom stereocenters. The third-order valence-corrected chi connectivity index (χ3v) is 3.30. The summed E-state index contributed by atoms with van der Waals surface area (Å²) in [5.74, 6) is 1.95. The fourth-order valence-electron chi connectivity index (χ4n) is 2.28. The number of hydrogen-bond donors (Lipinski definition) is 1. The van der Waals surface area contributed by atoms with Crippen molar-refractivity contribution in [1.82, 2.24) is 0 Å². The van der Waals surface area contributed by atoms with E-state index in [9.17, 15) is 0 Å². The second-order valence-electron chi connectivity index (χ2n) is 5.44. The van der Waals surface area contributed by atoms with Crippen LogP contribution in [0.2, 0.25) is 0 Å². The second-order valence-corrected chi connectivity index (χ2v) is 5.96. The fraction of sp³-hybridized carbons (Fsp3) is 0.562. The summed E-state index contributed by atoms with van der Waals surface area (Å²) >= 11 is 4.97. The van der Waals surface area contributed by atoms with E-state index in [1.165, 1.54) is 11.1 Å². The van der Waals surface area contributed by atoms with E-state index in [0.29, 0.717) is 23.4 Å². The molecule has 0 amide bonds. The van der Waals surface area contributed by atoms with E-state index in [1.54, 1.807) is 0 Å². The molecule has 0 aliphatic rings. The van der Waals surface area contributed by atoms with Crippen LogP contribution in [0.25, 0.3) is 0 Å². The van der Waals surface area contributed by atoms with E-state index >= 15 is 0 Å². The van der Waals surface area contributed by atoms with E-state index in [1.807, 2.05) is 6.92 Å². The van der Waals surface area contributed by atoms with E-state index in [-0.39, 0.29) is 0 Å². The summed E-state index contributed by atoms with van der Waals surface area (Å²) in [5.41, 5.74) is 8.21. The maximum absolute atomic E-state index is 5.68. The summed E-state index contributed by atoms with van der Waals surface area (Å²) in [4.78, 5) is 0.600. The molecule has 0 aliphatic carbocycles. The van der Waals surface area contributed by atoms with Crippen molar-refractivity contribution in [2.75, 3.05) is 6.61 Å². The summed E-state index contributed by atoms with van der Waals surface area (Å²) in [6.45, 7) is 9.30. The van der Waals surface area contributed by atoms with Crippen LogP contribution in [0, 0.1) is 5.92 Å². The highest BCUT2D eigenvalue weighted by molar-refractivity contribution is 7.80. The molecule has 0 aromatic heterocycles. The molecule has 0 heterocycles. The first-order valence-corrected chi connectivity index (χ1v) is 7.38. The minimum Gasteiger partial charge on any atom is -0.494 e. The number of hydrogen-bond acceptors (Lipinski definition) is 2. The smallest absolute Gasteiger partial charge is 0.122 e. The lowest BCUT2D eigenvalue weighted by atomic mass is 9.93. The van der Waals surface area contributed by atoms with Crippen molar-refractivity contribution in [3.63, 3.8) is 0 Å². The number of rotatable bonds is 7. The van der Waals surface area contributed by atoms with Gasteiger partial charge in [-0.2, -0.15) is 0 Å². The molecular weight excluding hydrogens is 254 g/mol. The van der Waals surface area contributed by atoms with Crippen molar-refractivity contribution in [1.29, 1.82) is 0 Å². The van der Waals surface area contributed by atoms with Crippen molar-refractivity contribution in [2.45, 2.75) is 46.5 Å². The summed E-state index contributed by atoms with van der Waals surface area (Å²) in [6, 6.07) is 6.49. The molecule has 2 nitrogen and oxygen atoms in total. The predicted molar refractivity (Wildman–Crippen MR) is 86.0 cm³/mol. The largest absolute Gasteiger partial charge is 0.494 e. The highest BCUT2D eigenvalue weighted by atomic mass is 32.1. The Bertz CT molecular complexity index is 429. The summed E-state index contributed by atoms with van der Waals surface area (Å²) in [7, 11) is 0. The van der Waals surface area contributed by atoms with E-state index < -0.39 is 0 Å². The molecule has 1 unspecified atom stereocenters. The quantitative estimate of drug-likeness (QED) is 0.764. The third-order valence-electron chi connectivity index (χ3n) is 3.13. The molecule has 0 aliphatic heterocycles. The van der Waals surface area contributed by atoms with Crippen molar-refractivity contribution in [2.24, 2.45) is 11.7 Å².